The topological polar surface area (TPSA) is 91.3 Å². The Labute approximate surface area is 113 Å². The molecule has 1 amide bonds. The number of anilines is 1. The van der Waals surface area contributed by atoms with Crippen molar-refractivity contribution in [3.05, 3.63) is 36.3 Å². The van der Waals surface area contributed by atoms with E-state index >= 15 is 0 Å². The van der Waals surface area contributed by atoms with Gasteiger partial charge in [0.15, 0.2) is 0 Å². The molecule has 2 aromatic rings. The van der Waals surface area contributed by atoms with Crippen molar-refractivity contribution in [1.82, 2.24) is 10.3 Å². The number of aliphatic carboxylic acids is 1. The van der Waals surface area contributed by atoms with Crippen molar-refractivity contribution in [2.75, 3.05) is 18.4 Å². The Bertz CT molecular complexity index is 660. The molecular weight excluding hydrogens is 265 g/mol. The predicted octanol–water partition coefficient (Wildman–Crippen LogP) is 0.987. The molecule has 2 rings (SSSR count). The number of rotatable bonds is 5. The molecule has 0 unspecified atom stereocenters. The maximum Gasteiger partial charge on any atom is 0.322 e. The van der Waals surface area contributed by atoms with E-state index in [-0.39, 0.29) is 6.54 Å². The highest BCUT2D eigenvalue weighted by atomic mass is 19.1. The first kappa shape index (κ1) is 13.7. The molecule has 0 saturated heterocycles. The minimum Gasteiger partial charge on any atom is -0.480 e. The van der Waals surface area contributed by atoms with Crippen molar-refractivity contribution >= 4 is 28.5 Å². The second-order valence-electron chi connectivity index (χ2n) is 4.05. The highest BCUT2D eigenvalue weighted by Gasteiger charge is 2.07. The molecule has 0 spiro atoms. The van der Waals surface area contributed by atoms with Crippen LogP contribution in [0.4, 0.5) is 10.2 Å². The summed E-state index contributed by atoms with van der Waals surface area (Å²) in [6.07, 6.45) is 1.54. The number of amides is 1. The molecule has 0 aliphatic rings. The zero-order valence-corrected chi connectivity index (χ0v) is 10.4. The van der Waals surface area contributed by atoms with Gasteiger partial charge in [0.05, 0.1) is 6.54 Å². The Morgan fingerprint density at radius 3 is 2.80 bits per heavy atom. The number of carboxylic acid groups (broad SMARTS) is 1. The number of halogens is 1. The van der Waals surface area contributed by atoms with Gasteiger partial charge in [-0.3, -0.25) is 9.59 Å². The first-order valence-corrected chi connectivity index (χ1v) is 5.83. The zero-order valence-electron chi connectivity index (χ0n) is 10.4. The van der Waals surface area contributed by atoms with E-state index in [2.05, 4.69) is 15.6 Å². The highest BCUT2D eigenvalue weighted by Crippen LogP contribution is 2.21. The lowest BCUT2D eigenvalue weighted by molar-refractivity contribution is -0.137. The summed E-state index contributed by atoms with van der Waals surface area (Å²) >= 11 is 0. The fraction of sp³-hybridized carbons (Fsp3) is 0.154. The van der Waals surface area contributed by atoms with Crippen molar-refractivity contribution in [3.63, 3.8) is 0 Å². The van der Waals surface area contributed by atoms with Crippen LogP contribution in [0.3, 0.4) is 0 Å². The molecule has 7 heteroatoms. The predicted molar refractivity (Wildman–Crippen MR) is 70.8 cm³/mol. The molecule has 0 aliphatic carbocycles. The minimum absolute atomic E-state index is 0.143. The van der Waals surface area contributed by atoms with Crippen molar-refractivity contribution in [3.8, 4) is 0 Å². The van der Waals surface area contributed by atoms with E-state index in [9.17, 15) is 14.0 Å². The smallest absolute Gasteiger partial charge is 0.322 e. The second kappa shape index (κ2) is 5.96. The molecule has 0 bridgehead atoms. The van der Waals surface area contributed by atoms with Crippen LogP contribution in [-0.4, -0.2) is 35.1 Å². The van der Waals surface area contributed by atoms with E-state index in [1.165, 1.54) is 18.3 Å². The van der Waals surface area contributed by atoms with Crippen molar-refractivity contribution in [2.24, 2.45) is 0 Å². The van der Waals surface area contributed by atoms with Gasteiger partial charge in [0.25, 0.3) is 0 Å². The average molecular weight is 277 g/mol. The lowest BCUT2D eigenvalue weighted by Crippen LogP contribution is -2.34. The van der Waals surface area contributed by atoms with Crippen LogP contribution >= 0.6 is 0 Å². The van der Waals surface area contributed by atoms with Crippen LogP contribution in [-0.2, 0) is 9.59 Å². The first-order valence-electron chi connectivity index (χ1n) is 5.83. The molecule has 104 valence electrons. The molecular formula is C13H12FN3O3. The SMILES string of the molecule is O=C(O)CNC(=O)CNc1nccc2ccc(F)cc12. The van der Waals surface area contributed by atoms with Crippen molar-refractivity contribution in [2.45, 2.75) is 0 Å². The Morgan fingerprint density at radius 1 is 1.25 bits per heavy atom. The first-order chi connectivity index (χ1) is 9.56. The monoisotopic (exact) mass is 277 g/mol. The summed E-state index contributed by atoms with van der Waals surface area (Å²) in [7, 11) is 0. The quantitative estimate of drug-likeness (QED) is 0.758. The molecule has 0 radical (unpaired) electrons. The van der Waals surface area contributed by atoms with E-state index in [0.717, 1.165) is 5.39 Å². The number of fused-ring (bicyclic) bond motifs is 1. The zero-order chi connectivity index (χ0) is 14.5. The lowest BCUT2D eigenvalue weighted by atomic mass is 10.1. The number of hydrogen-bond acceptors (Lipinski definition) is 4. The summed E-state index contributed by atoms with van der Waals surface area (Å²) in [4.78, 5) is 25.7. The number of carboxylic acids is 1. The van der Waals surface area contributed by atoms with Crippen LogP contribution in [0.15, 0.2) is 30.5 Å². The van der Waals surface area contributed by atoms with Gasteiger partial charge in [-0.1, -0.05) is 6.07 Å². The summed E-state index contributed by atoms with van der Waals surface area (Å²) < 4.78 is 13.2. The maximum absolute atomic E-state index is 13.2. The van der Waals surface area contributed by atoms with Crippen LogP contribution in [0.5, 0.6) is 0 Å². The van der Waals surface area contributed by atoms with E-state index in [0.29, 0.717) is 11.2 Å². The third kappa shape index (κ3) is 3.41. The Hall–Kier alpha value is -2.70. The fourth-order valence-electron chi connectivity index (χ4n) is 1.68. The molecule has 0 fully saturated rings. The van der Waals surface area contributed by atoms with Gasteiger partial charge in [-0.2, -0.15) is 0 Å². The van der Waals surface area contributed by atoms with Gasteiger partial charge in [-0.25, -0.2) is 9.37 Å². The van der Waals surface area contributed by atoms with Gasteiger partial charge in [0.2, 0.25) is 5.91 Å². The van der Waals surface area contributed by atoms with Crippen LogP contribution in [0, 0.1) is 5.82 Å². The van der Waals surface area contributed by atoms with Crippen molar-refractivity contribution < 1.29 is 19.1 Å². The summed E-state index contributed by atoms with van der Waals surface area (Å²) in [6, 6.07) is 6.00. The van der Waals surface area contributed by atoms with Gasteiger partial charge in [-0.05, 0) is 23.6 Å². The van der Waals surface area contributed by atoms with E-state index < -0.39 is 24.2 Å². The van der Waals surface area contributed by atoms with Gasteiger partial charge in [0, 0.05) is 11.6 Å². The molecule has 1 heterocycles. The molecule has 3 N–H and O–H groups in total. The molecule has 6 nitrogen and oxygen atoms in total. The lowest BCUT2D eigenvalue weighted by Gasteiger charge is -2.08. The van der Waals surface area contributed by atoms with Crippen LogP contribution in [0.25, 0.3) is 10.8 Å². The highest BCUT2D eigenvalue weighted by molar-refractivity contribution is 5.93. The van der Waals surface area contributed by atoms with Gasteiger partial charge < -0.3 is 15.7 Å². The Balaban J connectivity index is 2.08. The van der Waals surface area contributed by atoms with Crippen LogP contribution in [0.2, 0.25) is 0 Å². The average Bonchev–Trinajstić information content (AvgIpc) is 2.42. The fourth-order valence-corrected chi connectivity index (χ4v) is 1.68. The molecule has 1 aromatic heterocycles. The van der Waals surface area contributed by atoms with Crippen molar-refractivity contribution in [1.29, 1.82) is 0 Å². The normalized spacial score (nSPS) is 10.2. The summed E-state index contributed by atoms with van der Waals surface area (Å²) in [5, 5.41) is 14.7. The Kier molecular flexibility index (Phi) is 4.09. The third-order valence-electron chi connectivity index (χ3n) is 2.58. The van der Waals surface area contributed by atoms with E-state index in [1.54, 1.807) is 12.1 Å². The number of carbonyl (C=O) groups is 2. The van der Waals surface area contributed by atoms with Gasteiger partial charge in [-0.15, -0.1) is 0 Å². The second-order valence-corrected chi connectivity index (χ2v) is 4.05. The number of carbonyl (C=O) groups excluding carboxylic acids is 1. The van der Waals surface area contributed by atoms with E-state index in [1.807, 2.05) is 0 Å². The number of aromatic nitrogens is 1. The number of pyridine rings is 1. The molecule has 0 saturated carbocycles. The summed E-state index contributed by atoms with van der Waals surface area (Å²) in [6.45, 7) is -0.589. The summed E-state index contributed by atoms with van der Waals surface area (Å²) in [5.41, 5.74) is 0. The molecule has 0 aliphatic heterocycles. The molecule has 0 atom stereocenters. The number of benzene rings is 1. The van der Waals surface area contributed by atoms with E-state index in [4.69, 9.17) is 5.11 Å². The number of nitrogens with one attached hydrogen (secondary N) is 2. The maximum atomic E-state index is 13.2. The third-order valence-corrected chi connectivity index (χ3v) is 2.58. The largest absolute Gasteiger partial charge is 0.480 e. The Morgan fingerprint density at radius 2 is 2.05 bits per heavy atom. The minimum atomic E-state index is -1.12. The standard InChI is InChI=1S/C13H12FN3O3/c14-9-2-1-8-3-4-15-13(10(8)5-9)17-6-11(18)16-7-12(19)20/h1-5H,6-7H2,(H,15,17)(H,16,18)(H,19,20). The molecule has 1 aromatic carbocycles. The summed E-state index contributed by atoms with van der Waals surface area (Å²) in [5.74, 6) is -1.64. The van der Waals surface area contributed by atoms with Gasteiger partial charge in [0.1, 0.15) is 18.2 Å². The number of hydrogen-bond donors (Lipinski definition) is 3. The van der Waals surface area contributed by atoms with Crippen LogP contribution in [0.1, 0.15) is 0 Å². The number of nitrogens with zero attached hydrogens (tertiary/aromatic N) is 1. The van der Waals surface area contributed by atoms with Crippen LogP contribution < -0.4 is 10.6 Å². The van der Waals surface area contributed by atoms with Gasteiger partial charge >= 0.3 is 5.97 Å². The molecule has 20 heavy (non-hydrogen) atoms.